The van der Waals surface area contributed by atoms with Crippen LogP contribution in [0.25, 0.3) is 0 Å². The molecule has 2 amide bonds. The van der Waals surface area contributed by atoms with Crippen molar-refractivity contribution in [3.05, 3.63) is 34.9 Å². The fourth-order valence-electron chi connectivity index (χ4n) is 3.19. The number of alkyl carbamates (subject to hydrolysis) is 1. The van der Waals surface area contributed by atoms with Crippen molar-refractivity contribution in [2.75, 3.05) is 6.54 Å². The Hall–Kier alpha value is -1.89. The zero-order valence-corrected chi connectivity index (χ0v) is 13.5. The highest BCUT2D eigenvalue weighted by Crippen LogP contribution is 2.44. The van der Waals surface area contributed by atoms with Crippen LogP contribution in [0.1, 0.15) is 30.9 Å². The second-order valence-corrected chi connectivity index (χ2v) is 6.61. The summed E-state index contributed by atoms with van der Waals surface area (Å²) in [4.78, 5) is 23.4. The first-order chi connectivity index (χ1) is 11.3. The minimum absolute atomic E-state index is 0.0683. The number of hydrogen-bond donors (Lipinski definition) is 2. The minimum Gasteiger partial charge on any atom is -0.434 e. The van der Waals surface area contributed by atoms with Gasteiger partial charge in [-0.2, -0.15) is 0 Å². The smallest absolute Gasteiger partial charge is 0.408 e. The number of halogens is 3. The molecule has 24 heavy (non-hydrogen) atoms. The van der Waals surface area contributed by atoms with E-state index in [4.69, 9.17) is 16.3 Å². The van der Waals surface area contributed by atoms with Gasteiger partial charge in [-0.1, -0.05) is 23.7 Å². The third-order valence-electron chi connectivity index (χ3n) is 4.41. The molecule has 0 bridgehead atoms. The number of benzene rings is 1. The quantitative estimate of drug-likeness (QED) is 0.869. The summed E-state index contributed by atoms with van der Waals surface area (Å²) in [5, 5.41) is 5.68. The maximum Gasteiger partial charge on any atom is 0.408 e. The fraction of sp³-hybridized carbons (Fsp3) is 0.500. The van der Waals surface area contributed by atoms with Crippen molar-refractivity contribution in [1.29, 1.82) is 0 Å². The average molecular weight is 359 g/mol. The van der Waals surface area contributed by atoms with Crippen molar-refractivity contribution in [3.63, 3.8) is 0 Å². The van der Waals surface area contributed by atoms with E-state index in [9.17, 15) is 18.4 Å². The molecule has 3 atom stereocenters. The van der Waals surface area contributed by atoms with E-state index in [0.717, 1.165) is 0 Å². The van der Waals surface area contributed by atoms with Gasteiger partial charge >= 0.3 is 6.09 Å². The van der Waals surface area contributed by atoms with Crippen LogP contribution in [0, 0.1) is 5.92 Å². The molecular weight excluding hydrogens is 342 g/mol. The maximum atomic E-state index is 13.6. The lowest BCUT2D eigenvalue weighted by atomic mass is 9.91. The molecule has 1 aromatic carbocycles. The van der Waals surface area contributed by atoms with Gasteiger partial charge < -0.3 is 15.4 Å². The van der Waals surface area contributed by atoms with Crippen LogP contribution < -0.4 is 10.6 Å². The number of carbonyl (C=O) groups excluding carboxylic acids is 2. The Morgan fingerprint density at radius 3 is 2.62 bits per heavy atom. The van der Waals surface area contributed by atoms with Crippen molar-refractivity contribution in [2.24, 2.45) is 5.92 Å². The second kappa shape index (κ2) is 6.55. The van der Waals surface area contributed by atoms with E-state index in [1.165, 1.54) is 0 Å². The Kier molecular flexibility index (Phi) is 4.62. The summed E-state index contributed by atoms with van der Waals surface area (Å²) in [5.41, 5.74) is 0.702. The lowest BCUT2D eigenvalue weighted by Gasteiger charge is -2.26. The van der Waals surface area contributed by atoms with Gasteiger partial charge in [-0.3, -0.25) is 4.79 Å². The summed E-state index contributed by atoms with van der Waals surface area (Å²) in [5.74, 6) is -3.61. The number of ether oxygens (including phenoxy) is 1. The monoisotopic (exact) mass is 358 g/mol. The Morgan fingerprint density at radius 2 is 2.08 bits per heavy atom. The van der Waals surface area contributed by atoms with E-state index < -0.39 is 36.0 Å². The number of alkyl halides is 2. The van der Waals surface area contributed by atoms with Gasteiger partial charge in [-0.05, 0) is 30.0 Å². The number of nitrogens with one attached hydrogen (secondary N) is 2. The number of amides is 2. The summed E-state index contributed by atoms with van der Waals surface area (Å²) >= 11 is 5.87. The molecule has 8 heteroatoms. The molecule has 0 radical (unpaired) electrons. The first kappa shape index (κ1) is 17.0. The van der Waals surface area contributed by atoms with Crippen molar-refractivity contribution in [1.82, 2.24) is 10.6 Å². The third kappa shape index (κ3) is 3.77. The van der Waals surface area contributed by atoms with E-state index in [-0.39, 0.29) is 19.4 Å². The van der Waals surface area contributed by atoms with E-state index in [2.05, 4.69) is 10.6 Å². The van der Waals surface area contributed by atoms with Gasteiger partial charge in [0.05, 0.1) is 12.6 Å². The molecule has 1 saturated heterocycles. The lowest BCUT2D eigenvalue weighted by molar-refractivity contribution is -0.129. The van der Waals surface area contributed by atoms with Gasteiger partial charge in [0.2, 0.25) is 5.92 Å². The van der Waals surface area contributed by atoms with Crippen molar-refractivity contribution >= 4 is 23.6 Å². The highest BCUT2D eigenvalue weighted by Gasteiger charge is 2.44. The molecule has 2 fully saturated rings. The molecule has 1 heterocycles. The van der Waals surface area contributed by atoms with Crippen molar-refractivity contribution in [3.8, 4) is 0 Å². The minimum atomic E-state index is -2.72. The number of cyclic esters (lactones) is 1. The van der Waals surface area contributed by atoms with Crippen LogP contribution in [0.4, 0.5) is 13.6 Å². The number of rotatable bonds is 4. The first-order valence-electron chi connectivity index (χ1n) is 7.72. The van der Waals surface area contributed by atoms with E-state index in [0.29, 0.717) is 17.0 Å². The molecular formula is C16H17ClF2N2O3. The van der Waals surface area contributed by atoms with Crippen LogP contribution in [0.15, 0.2) is 24.3 Å². The summed E-state index contributed by atoms with van der Waals surface area (Å²) in [6.07, 6.45) is -1.79. The lowest BCUT2D eigenvalue weighted by Crippen LogP contribution is -2.41. The standard InChI is InChI=1S/C16H17ClF2N2O3/c17-11-3-1-9(2-4-11)13(10-5-6-16(18,19)7-10)21-14(22)12-8-20-15(23)24-12/h1-4,10,12-13H,5-8H2,(H,20,23)(H,21,22)/t10-,12?,13+/m1/s1. The van der Waals surface area contributed by atoms with Gasteiger partial charge in [0.15, 0.2) is 6.10 Å². The molecule has 130 valence electrons. The molecule has 5 nitrogen and oxygen atoms in total. The van der Waals surface area contributed by atoms with Gasteiger partial charge in [0, 0.05) is 17.9 Å². The van der Waals surface area contributed by atoms with Gasteiger partial charge in [-0.25, -0.2) is 13.6 Å². The Morgan fingerprint density at radius 1 is 1.38 bits per heavy atom. The SMILES string of the molecule is O=C1NCC(C(=O)N[C@@H](c2ccc(Cl)cc2)[C@@H]2CCC(F)(F)C2)O1. The predicted octanol–water partition coefficient (Wildman–Crippen LogP) is 3.04. The normalized spacial score (nSPS) is 26.5. The van der Waals surface area contributed by atoms with Crippen LogP contribution in [-0.4, -0.2) is 30.6 Å². The molecule has 0 aromatic heterocycles. The first-order valence-corrected chi connectivity index (χ1v) is 8.10. The van der Waals surface area contributed by atoms with E-state index in [1.54, 1.807) is 24.3 Å². The largest absolute Gasteiger partial charge is 0.434 e. The van der Waals surface area contributed by atoms with Crippen molar-refractivity contribution in [2.45, 2.75) is 37.3 Å². The fourth-order valence-corrected chi connectivity index (χ4v) is 3.32. The van der Waals surface area contributed by atoms with E-state index in [1.807, 2.05) is 0 Å². The summed E-state index contributed by atoms with van der Waals surface area (Å²) in [6, 6.07) is 6.15. The van der Waals surface area contributed by atoms with Gasteiger partial charge in [-0.15, -0.1) is 0 Å². The molecule has 1 saturated carbocycles. The van der Waals surface area contributed by atoms with Gasteiger partial charge in [0.1, 0.15) is 0 Å². The Bertz CT molecular complexity index is 639. The topological polar surface area (TPSA) is 67.4 Å². The molecule has 2 N–H and O–H groups in total. The summed E-state index contributed by atoms with van der Waals surface area (Å²) < 4.78 is 32.1. The van der Waals surface area contributed by atoms with Crippen LogP contribution in [0.3, 0.4) is 0 Å². The molecule has 3 rings (SSSR count). The average Bonchev–Trinajstić information content (AvgIpc) is 3.11. The summed E-state index contributed by atoms with van der Waals surface area (Å²) in [7, 11) is 0. The molecule has 1 aliphatic carbocycles. The number of carbonyl (C=O) groups is 2. The summed E-state index contributed by atoms with van der Waals surface area (Å²) in [6.45, 7) is 0.0683. The third-order valence-corrected chi connectivity index (χ3v) is 4.67. The highest BCUT2D eigenvalue weighted by molar-refractivity contribution is 6.30. The Balaban J connectivity index is 1.78. The number of hydrogen-bond acceptors (Lipinski definition) is 3. The van der Waals surface area contributed by atoms with Crippen LogP contribution in [0.2, 0.25) is 5.02 Å². The van der Waals surface area contributed by atoms with Gasteiger partial charge in [0.25, 0.3) is 5.91 Å². The molecule has 1 unspecified atom stereocenters. The van der Waals surface area contributed by atoms with Crippen LogP contribution in [-0.2, 0) is 9.53 Å². The van der Waals surface area contributed by atoms with Crippen LogP contribution >= 0.6 is 11.6 Å². The zero-order valence-electron chi connectivity index (χ0n) is 12.7. The van der Waals surface area contributed by atoms with Crippen LogP contribution in [0.5, 0.6) is 0 Å². The molecule has 1 aliphatic heterocycles. The zero-order chi connectivity index (χ0) is 17.3. The highest BCUT2D eigenvalue weighted by atomic mass is 35.5. The molecule has 0 spiro atoms. The second-order valence-electron chi connectivity index (χ2n) is 6.17. The van der Waals surface area contributed by atoms with Crippen molar-refractivity contribution < 1.29 is 23.1 Å². The predicted molar refractivity (Wildman–Crippen MR) is 82.9 cm³/mol. The Labute approximate surface area is 142 Å². The maximum absolute atomic E-state index is 13.6. The molecule has 2 aliphatic rings. The van der Waals surface area contributed by atoms with E-state index >= 15 is 0 Å². The molecule has 1 aromatic rings.